The molecule has 0 saturated heterocycles. The second kappa shape index (κ2) is 11.0. The molecule has 0 amide bonds. The number of thioether (sulfide) groups is 1. The van der Waals surface area contributed by atoms with Crippen molar-refractivity contribution in [2.75, 3.05) is 19.8 Å². The average molecular weight is 542 g/mol. The summed E-state index contributed by atoms with van der Waals surface area (Å²) in [6.07, 6.45) is 0. The number of nitro groups is 1. The number of ether oxygens (including phenoxy) is 2. The Morgan fingerprint density at radius 3 is 2.50 bits per heavy atom. The molecule has 0 radical (unpaired) electrons. The zero-order valence-electron chi connectivity index (χ0n) is 17.7. The summed E-state index contributed by atoms with van der Waals surface area (Å²) in [6, 6.07) is 10.9. The number of halogens is 2. The third-order valence-corrected chi connectivity index (χ3v) is 6.46. The highest BCUT2D eigenvalue weighted by atomic mass is 79.9. The van der Waals surface area contributed by atoms with E-state index in [9.17, 15) is 10.1 Å². The Bertz CT molecular complexity index is 1090. The third-order valence-electron chi connectivity index (χ3n) is 4.43. The molecule has 32 heavy (non-hydrogen) atoms. The number of hydrogen-bond acceptors (Lipinski definition) is 7. The van der Waals surface area contributed by atoms with Crippen LogP contribution in [-0.2, 0) is 0 Å². The third kappa shape index (κ3) is 5.73. The molecule has 0 fully saturated rings. The van der Waals surface area contributed by atoms with E-state index in [0.29, 0.717) is 50.8 Å². The van der Waals surface area contributed by atoms with Crippen molar-refractivity contribution in [1.29, 1.82) is 0 Å². The van der Waals surface area contributed by atoms with Crippen LogP contribution >= 0.6 is 39.3 Å². The molecule has 0 aliphatic heterocycles. The fourth-order valence-corrected chi connectivity index (χ4v) is 4.96. The van der Waals surface area contributed by atoms with Crippen LogP contribution in [0.2, 0.25) is 5.02 Å². The number of aromatic nitrogens is 3. The van der Waals surface area contributed by atoms with Gasteiger partial charge in [0.15, 0.2) is 16.7 Å². The minimum absolute atomic E-state index is 0.302. The highest BCUT2D eigenvalue weighted by molar-refractivity contribution is 9.10. The monoisotopic (exact) mass is 540 g/mol. The van der Waals surface area contributed by atoms with Gasteiger partial charge in [-0.2, -0.15) is 0 Å². The minimum Gasteiger partial charge on any atom is -0.490 e. The fourth-order valence-electron chi connectivity index (χ4n) is 3.10. The Labute approximate surface area is 203 Å². The standard InChI is InChI=1S/C21H22BrClN4O4S/c1-4-30-18-11-14(10-17(22)20(18)31-5-2)19(12-26(28)29)32-21-25-24-13(3)27(21)16-8-6-15(23)7-9-16/h6-11,19H,4-5,12H2,1-3H3/t19-/m1/s1. The quantitative estimate of drug-likeness (QED) is 0.179. The number of aryl methyl sites for hydroxylation is 1. The van der Waals surface area contributed by atoms with Gasteiger partial charge in [0.05, 0.1) is 17.7 Å². The maximum absolute atomic E-state index is 11.5. The molecule has 2 aromatic carbocycles. The van der Waals surface area contributed by atoms with Gasteiger partial charge >= 0.3 is 0 Å². The lowest BCUT2D eigenvalue weighted by molar-refractivity contribution is -0.479. The first-order valence-electron chi connectivity index (χ1n) is 9.89. The first-order chi connectivity index (χ1) is 15.3. The van der Waals surface area contributed by atoms with Gasteiger partial charge < -0.3 is 9.47 Å². The Morgan fingerprint density at radius 2 is 1.88 bits per heavy atom. The van der Waals surface area contributed by atoms with Crippen LogP contribution in [0.5, 0.6) is 11.5 Å². The van der Waals surface area contributed by atoms with E-state index < -0.39 is 5.25 Å². The predicted molar refractivity (Wildman–Crippen MR) is 128 cm³/mol. The van der Waals surface area contributed by atoms with Crippen LogP contribution in [0.25, 0.3) is 5.69 Å². The molecule has 8 nitrogen and oxygen atoms in total. The van der Waals surface area contributed by atoms with Gasteiger partial charge in [-0.3, -0.25) is 14.7 Å². The normalized spacial score (nSPS) is 11.9. The highest BCUT2D eigenvalue weighted by Crippen LogP contribution is 2.43. The molecule has 0 unspecified atom stereocenters. The van der Waals surface area contributed by atoms with Crippen molar-refractivity contribution >= 4 is 39.3 Å². The minimum atomic E-state index is -0.536. The van der Waals surface area contributed by atoms with Crippen molar-refractivity contribution in [3.05, 3.63) is 67.4 Å². The van der Waals surface area contributed by atoms with E-state index in [2.05, 4.69) is 26.1 Å². The van der Waals surface area contributed by atoms with Crippen molar-refractivity contribution in [2.24, 2.45) is 0 Å². The van der Waals surface area contributed by atoms with Gasteiger partial charge in [-0.15, -0.1) is 10.2 Å². The SMILES string of the molecule is CCOc1cc([C@@H](C[N+](=O)[O-])Sc2nnc(C)n2-c2ccc(Cl)cc2)cc(Br)c1OCC. The summed E-state index contributed by atoms with van der Waals surface area (Å²) in [6.45, 7) is 6.18. The molecule has 11 heteroatoms. The van der Waals surface area contributed by atoms with Crippen LogP contribution in [0.4, 0.5) is 0 Å². The molecule has 1 atom stereocenters. The van der Waals surface area contributed by atoms with Crippen LogP contribution in [0.1, 0.15) is 30.5 Å². The maximum atomic E-state index is 11.5. The average Bonchev–Trinajstić information content (AvgIpc) is 3.10. The van der Waals surface area contributed by atoms with E-state index in [4.69, 9.17) is 21.1 Å². The summed E-state index contributed by atoms with van der Waals surface area (Å²) in [4.78, 5) is 11.2. The highest BCUT2D eigenvalue weighted by Gasteiger charge is 2.26. The second-order valence-electron chi connectivity index (χ2n) is 6.66. The molecule has 0 spiro atoms. The Balaban J connectivity index is 2.02. The van der Waals surface area contributed by atoms with E-state index >= 15 is 0 Å². The molecule has 0 aliphatic rings. The molecule has 0 saturated carbocycles. The molecule has 170 valence electrons. The summed E-state index contributed by atoms with van der Waals surface area (Å²) in [5.41, 5.74) is 1.54. The summed E-state index contributed by atoms with van der Waals surface area (Å²) in [5, 5.41) is 20.6. The van der Waals surface area contributed by atoms with Gasteiger partial charge in [0.2, 0.25) is 6.54 Å². The van der Waals surface area contributed by atoms with Crippen molar-refractivity contribution in [3.8, 4) is 17.2 Å². The summed E-state index contributed by atoms with van der Waals surface area (Å²) in [7, 11) is 0. The molecule has 0 bridgehead atoms. The molecule has 0 aliphatic carbocycles. The Morgan fingerprint density at radius 1 is 1.19 bits per heavy atom. The zero-order valence-corrected chi connectivity index (χ0v) is 20.9. The molecular formula is C21H22BrClN4O4S. The van der Waals surface area contributed by atoms with Crippen molar-refractivity contribution < 1.29 is 14.4 Å². The van der Waals surface area contributed by atoms with E-state index in [0.717, 1.165) is 5.69 Å². The number of hydrogen-bond donors (Lipinski definition) is 0. The van der Waals surface area contributed by atoms with Gasteiger partial charge in [-0.05, 0) is 78.7 Å². The molecule has 3 aromatic rings. The Kier molecular flexibility index (Phi) is 8.38. The number of benzene rings is 2. The van der Waals surface area contributed by atoms with Crippen LogP contribution in [0, 0.1) is 17.0 Å². The van der Waals surface area contributed by atoms with Crippen LogP contribution in [0.3, 0.4) is 0 Å². The zero-order chi connectivity index (χ0) is 23.3. The van der Waals surface area contributed by atoms with E-state index in [-0.39, 0.29) is 11.5 Å². The number of nitrogens with zero attached hydrogens (tertiary/aromatic N) is 4. The summed E-state index contributed by atoms with van der Waals surface area (Å²) in [5.74, 6) is 1.77. The molecule has 3 rings (SSSR count). The van der Waals surface area contributed by atoms with Crippen LogP contribution < -0.4 is 9.47 Å². The predicted octanol–water partition coefficient (Wildman–Crippen LogP) is 5.90. The fraction of sp³-hybridized carbons (Fsp3) is 0.333. The molecule has 1 aromatic heterocycles. The lowest BCUT2D eigenvalue weighted by Gasteiger charge is -2.18. The largest absolute Gasteiger partial charge is 0.490 e. The number of rotatable bonds is 10. The van der Waals surface area contributed by atoms with Gasteiger partial charge in [0, 0.05) is 15.6 Å². The van der Waals surface area contributed by atoms with Crippen LogP contribution in [0.15, 0.2) is 46.0 Å². The van der Waals surface area contributed by atoms with Gasteiger partial charge in [-0.25, -0.2) is 0 Å². The molecular weight excluding hydrogens is 520 g/mol. The smallest absolute Gasteiger partial charge is 0.220 e. The van der Waals surface area contributed by atoms with Gasteiger partial charge in [-0.1, -0.05) is 23.4 Å². The van der Waals surface area contributed by atoms with Crippen molar-refractivity contribution in [3.63, 3.8) is 0 Å². The summed E-state index contributed by atoms with van der Waals surface area (Å²) < 4.78 is 14.0. The maximum Gasteiger partial charge on any atom is 0.220 e. The lowest BCUT2D eigenvalue weighted by Crippen LogP contribution is -2.12. The van der Waals surface area contributed by atoms with Crippen molar-refractivity contribution in [2.45, 2.75) is 31.2 Å². The van der Waals surface area contributed by atoms with Crippen LogP contribution in [-0.4, -0.2) is 39.4 Å². The first-order valence-corrected chi connectivity index (χ1v) is 11.9. The molecule has 0 N–H and O–H groups in total. The topological polar surface area (TPSA) is 92.3 Å². The molecule has 1 heterocycles. The van der Waals surface area contributed by atoms with E-state index in [1.54, 1.807) is 18.2 Å². The summed E-state index contributed by atoms with van der Waals surface area (Å²) >= 11 is 10.8. The van der Waals surface area contributed by atoms with E-state index in [1.807, 2.05) is 43.5 Å². The van der Waals surface area contributed by atoms with E-state index in [1.165, 1.54) is 11.8 Å². The van der Waals surface area contributed by atoms with Gasteiger partial charge in [0.1, 0.15) is 11.1 Å². The Hall–Kier alpha value is -2.30. The van der Waals surface area contributed by atoms with Gasteiger partial charge in [0.25, 0.3) is 0 Å². The first kappa shape index (κ1) is 24.3. The lowest BCUT2D eigenvalue weighted by atomic mass is 10.1. The second-order valence-corrected chi connectivity index (χ2v) is 9.12. The van der Waals surface area contributed by atoms with Crippen molar-refractivity contribution in [1.82, 2.24) is 14.8 Å².